The molecule has 6 nitrogen and oxygen atoms in total. The van der Waals surface area contributed by atoms with Crippen molar-refractivity contribution in [2.75, 3.05) is 23.8 Å². The zero-order valence-corrected chi connectivity index (χ0v) is 11.5. The second-order valence-electron chi connectivity index (χ2n) is 3.68. The van der Waals surface area contributed by atoms with Crippen LogP contribution in [0.4, 0.5) is 0 Å². The van der Waals surface area contributed by atoms with Gasteiger partial charge in [0.25, 0.3) is 0 Å². The van der Waals surface area contributed by atoms with Crippen LogP contribution in [0.1, 0.15) is 6.92 Å². The summed E-state index contributed by atoms with van der Waals surface area (Å²) in [6.07, 6.45) is 1.62. The highest BCUT2D eigenvalue weighted by Crippen LogP contribution is 2.21. The molecule has 0 bridgehead atoms. The number of carboxylic acids is 1. The maximum atomic E-state index is 11.9. The van der Waals surface area contributed by atoms with Crippen molar-refractivity contribution in [3.8, 4) is 0 Å². The molecular formula is C10H15NO5S2. The summed E-state index contributed by atoms with van der Waals surface area (Å²) in [5, 5.41) is 7.60. The van der Waals surface area contributed by atoms with Gasteiger partial charge in [-0.2, -0.15) is 11.8 Å². The number of amides is 1. The van der Waals surface area contributed by atoms with Gasteiger partial charge in [0.2, 0.25) is 5.91 Å². The van der Waals surface area contributed by atoms with Crippen molar-refractivity contribution in [2.45, 2.75) is 12.3 Å². The topological polar surface area (TPSA) is 91.8 Å². The SMILES string of the molecule is CCS(=O)(=O)C1CSCCN1C(=O)C=CC(=O)O. The van der Waals surface area contributed by atoms with Gasteiger partial charge in [0.1, 0.15) is 5.37 Å². The number of sulfone groups is 1. The van der Waals surface area contributed by atoms with Crippen LogP contribution in [0.25, 0.3) is 0 Å². The van der Waals surface area contributed by atoms with Crippen molar-refractivity contribution in [3.63, 3.8) is 0 Å². The second kappa shape index (κ2) is 6.24. The maximum absolute atomic E-state index is 11.9. The lowest BCUT2D eigenvalue weighted by molar-refractivity contribution is -0.132. The van der Waals surface area contributed by atoms with E-state index in [1.807, 2.05) is 0 Å². The highest BCUT2D eigenvalue weighted by atomic mass is 32.2. The number of aliphatic carboxylic acids is 1. The number of carbonyl (C=O) groups is 2. The Labute approximate surface area is 110 Å². The van der Waals surface area contributed by atoms with Crippen molar-refractivity contribution in [2.24, 2.45) is 0 Å². The third kappa shape index (κ3) is 3.74. The van der Waals surface area contributed by atoms with Crippen LogP contribution in [0.15, 0.2) is 12.2 Å². The van der Waals surface area contributed by atoms with Gasteiger partial charge in [-0.25, -0.2) is 13.2 Å². The van der Waals surface area contributed by atoms with E-state index < -0.39 is 27.1 Å². The Morgan fingerprint density at radius 3 is 2.67 bits per heavy atom. The molecule has 1 heterocycles. The first kappa shape index (κ1) is 15.0. The Bertz CT molecular complexity index is 457. The highest BCUT2D eigenvalue weighted by molar-refractivity contribution is 8.01. The van der Waals surface area contributed by atoms with Crippen LogP contribution < -0.4 is 0 Å². The lowest BCUT2D eigenvalue weighted by Gasteiger charge is -2.33. The molecule has 1 atom stereocenters. The van der Waals surface area contributed by atoms with Crippen molar-refractivity contribution >= 4 is 33.5 Å². The van der Waals surface area contributed by atoms with E-state index in [-0.39, 0.29) is 5.75 Å². The molecule has 1 unspecified atom stereocenters. The number of rotatable bonds is 4. The molecule has 0 radical (unpaired) electrons. The average Bonchev–Trinajstić information content (AvgIpc) is 2.36. The lowest BCUT2D eigenvalue weighted by atomic mass is 10.4. The average molecular weight is 293 g/mol. The first-order valence-electron chi connectivity index (χ1n) is 5.39. The van der Waals surface area contributed by atoms with Gasteiger partial charge in [0.15, 0.2) is 9.84 Å². The van der Waals surface area contributed by atoms with E-state index in [0.717, 1.165) is 12.2 Å². The summed E-state index contributed by atoms with van der Waals surface area (Å²) in [6.45, 7) is 1.85. The van der Waals surface area contributed by atoms with Crippen LogP contribution in [-0.2, 0) is 19.4 Å². The van der Waals surface area contributed by atoms with Gasteiger partial charge in [-0.1, -0.05) is 6.92 Å². The zero-order valence-electron chi connectivity index (χ0n) is 9.90. The summed E-state index contributed by atoms with van der Waals surface area (Å²) in [6, 6.07) is 0. The summed E-state index contributed by atoms with van der Waals surface area (Å²) >= 11 is 1.48. The molecule has 102 valence electrons. The minimum Gasteiger partial charge on any atom is -0.478 e. The molecule has 1 saturated heterocycles. The van der Waals surface area contributed by atoms with E-state index in [2.05, 4.69) is 0 Å². The van der Waals surface area contributed by atoms with Crippen molar-refractivity contribution < 1.29 is 23.1 Å². The molecule has 1 aliphatic rings. The fraction of sp³-hybridized carbons (Fsp3) is 0.600. The minimum absolute atomic E-state index is 0.0371. The minimum atomic E-state index is -3.35. The highest BCUT2D eigenvalue weighted by Gasteiger charge is 2.34. The first-order chi connectivity index (χ1) is 8.38. The molecule has 0 aromatic rings. The molecule has 0 saturated carbocycles. The number of carboxylic acid groups (broad SMARTS) is 1. The molecule has 1 fully saturated rings. The predicted octanol–water partition coefficient (Wildman–Crippen LogP) is -0.0366. The third-order valence-corrected chi connectivity index (χ3v) is 5.84. The molecule has 18 heavy (non-hydrogen) atoms. The molecule has 1 N–H and O–H groups in total. The van der Waals surface area contributed by atoms with E-state index in [9.17, 15) is 18.0 Å². The smallest absolute Gasteiger partial charge is 0.328 e. The Kier molecular flexibility index (Phi) is 5.21. The normalized spacial score (nSPS) is 21.2. The van der Waals surface area contributed by atoms with Crippen LogP contribution in [0.5, 0.6) is 0 Å². The van der Waals surface area contributed by atoms with Crippen molar-refractivity contribution in [1.82, 2.24) is 4.90 Å². The lowest BCUT2D eigenvalue weighted by Crippen LogP contribution is -2.50. The first-order valence-corrected chi connectivity index (χ1v) is 8.26. The quantitative estimate of drug-likeness (QED) is 0.731. The molecule has 0 spiro atoms. The molecule has 1 rings (SSSR count). The van der Waals surface area contributed by atoms with E-state index in [1.54, 1.807) is 0 Å². The molecule has 0 aromatic heterocycles. The Morgan fingerprint density at radius 1 is 1.44 bits per heavy atom. The fourth-order valence-corrected chi connectivity index (χ4v) is 4.54. The van der Waals surface area contributed by atoms with Crippen LogP contribution in [0.3, 0.4) is 0 Å². The van der Waals surface area contributed by atoms with Gasteiger partial charge in [-0.05, 0) is 0 Å². The van der Waals surface area contributed by atoms with Crippen LogP contribution >= 0.6 is 11.8 Å². The van der Waals surface area contributed by atoms with Crippen molar-refractivity contribution in [1.29, 1.82) is 0 Å². The van der Waals surface area contributed by atoms with E-state index in [0.29, 0.717) is 18.1 Å². The molecule has 1 aliphatic heterocycles. The number of hydrogen-bond donors (Lipinski definition) is 1. The molecular weight excluding hydrogens is 278 g/mol. The summed E-state index contributed by atoms with van der Waals surface area (Å²) in [7, 11) is -3.35. The summed E-state index contributed by atoms with van der Waals surface area (Å²) in [5.41, 5.74) is 0. The van der Waals surface area contributed by atoms with Crippen LogP contribution in [0.2, 0.25) is 0 Å². The standard InChI is InChI=1S/C10H15NO5S2/c1-2-18(15,16)9-7-17-6-5-11(9)8(12)3-4-10(13)14/h3-4,9H,2,5-7H2,1H3,(H,13,14). The van der Waals surface area contributed by atoms with E-state index in [4.69, 9.17) is 5.11 Å². The van der Waals surface area contributed by atoms with Gasteiger partial charge in [-0.15, -0.1) is 0 Å². The molecule has 8 heteroatoms. The summed E-state index contributed by atoms with van der Waals surface area (Å²) in [4.78, 5) is 23.3. The van der Waals surface area contributed by atoms with E-state index in [1.165, 1.54) is 23.6 Å². The Hall–Kier alpha value is -1.02. The van der Waals surface area contributed by atoms with Crippen molar-refractivity contribution in [3.05, 3.63) is 12.2 Å². The zero-order chi connectivity index (χ0) is 13.8. The Balaban J connectivity index is 2.90. The van der Waals surface area contributed by atoms with E-state index >= 15 is 0 Å². The van der Waals surface area contributed by atoms with Crippen LogP contribution in [0, 0.1) is 0 Å². The van der Waals surface area contributed by atoms with Gasteiger partial charge in [-0.3, -0.25) is 4.79 Å². The predicted molar refractivity (Wildman–Crippen MR) is 69.1 cm³/mol. The van der Waals surface area contributed by atoms with Crippen LogP contribution in [-0.4, -0.2) is 59.5 Å². The van der Waals surface area contributed by atoms with Gasteiger partial charge in [0, 0.05) is 36.0 Å². The number of hydrogen-bond acceptors (Lipinski definition) is 5. The third-order valence-electron chi connectivity index (χ3n) is 2.55. The second-order valence-corrected chi connectivity index (χ2v) is 7.28. The van der Waals surface area contributed by atoms with Gasteiger partial charge in [0.05, 0.1) is 0 Å². The molecule has 0 aliphatic carbocycles. The maximum Gasteiger partial charge on any atom is 0.328 e. The fourth-order valence-electron chi connectivity index (χ4n) is 1.56. The monoisotopic (exact) mass is 293 g/mol. The number of nitrogens with zero attached hydrogens (tertiary/aromatic N) is 1. The van der Waals surface area contributed by atoms with Gasteiger partial charge >= 0.3 is 5.97 Å². The molecule has 0 aromatic carbocycles. The van der Waals surface area contributed by atoms with Gasteiger partial charge < -0.3 is 10.0 Å². The number of thioether (sulfide) groups is 1. The number of carbonyl (C=O) groups excluding carboxylic acids is 1. The summed E-state index contributed by atoms with van der Waals surface area (Å²) < 4.78 is 23.7. The Morgan fingerprint density at radius 2 is 2.11 bits per heavy atom. The largest absolute Gasteiger partial charge is 0.478 e. The molecule has 1 amide bonds. The summed E-state index contributed by atoms with van der Waals surface area (Å²) in [5.74, 6) is -0.847.